The summed E-state index contributed by atoms with van der Waals surface area (Å²) < 4.78 is 17.2. The molecule has 156 valence electrons. The van der Waals surface area contributed by atoms with Crippen LogP contribution in [-0.4, -0.2) is 30.8 Å². The van der Waals surface area contributed by atoms with Crippen LogP contribution in [0.2, 0.25) is 0 Å². The molecule has 1 atom stereocenters. The molecule has 0 bridgehead atoms. The Hall–Kier alpha value is -2.34. The van der Waals surface area contributed by atoms with Gasteiger partial charge in [-0.1, -0.05) is 0 Å². The van der Waals surface area contributed by atoms with E-state index in [2.05, 4.69) is 25.2 Å². The van der Waals surface area contributed by atoms with Crippen LogP contribution in [-0.2, 0) is 22.4 Å². The number of ether oxygens (including phenoxy) is 2. The largest absolute Gasteiger partial charge is 0.487 e. The highest BCUT2D eigenvalue weighted by Gasteiger charge is 2.27. The molecule has 0 saturated carbocycles. The van der Waals surface area contributed by atoms with Crippen molar-refractivity contribution in [1.82, 2.24) is 5.32 Å². The Morgan fingerprint density at radius 3 is 2.90 bits per heavy atom. The van der Waals surface area contributed by atoms with Gasteiger partial charge in [0.05, 0.1) is 6.10 Å². The minimum Gasteiger partial charge on any atom is -0.487 e. The smallest absolute Gasteiger partial charge is 0.339 e. The van der Waals surface area contributed by atoms with Crippen molar-refractivity contribution < 1.29 is 18.7 Å². The predicted octanol–water partition coefficient (Wildman–Crippen LogP) is 3.43. The molecule has 1 saturated heterocycles. The molecule has 0 spiro atoms. The van der Waals surface area contributed by atoms with Gasteiger partial charge in [0.2, 0.25) is 5.91 Å². The standard InChI is InChI=1S/C23H29NO5/c1-14-17(6-7-21(25)24-13-16-5-4-10-27-16)22(26)28-20-12-19-15(11-18(14)20)8-9-23(2,3)29-19/h11-12,16H,4-10,13H2,1-3H3,(H,24,25). The number of nitrogens with one attached hydrogen (secondary N) is 1. The molecule has 3 heterocycles. The zero-order valence-electron chi connectivity index (χ0n) is 17.4. The summed E-state index contributed by atoms with van der Waals surface area (Å²) in [6.45, 7) is 7.36. The normalized spacial score (nSPS) is 20.3. The van der Waals surface area contributed by atoms with E-state index in [9.17, 15) is 9.59 Å². The summed E-state index contributed by atoms with van der Waals surface area (Å²) in [7, 11) is 0. The Bertz CT molecular complexity index is 985. The van der Waals surface area contributed by atoms with E-state index in [1.165, 1.54) is 0 Å². The van der Waals surface area contributed by atoms with Crippen LogP contribution >= 0.6 is 0 Å². The van der Waals surface area contributed by atoms with Gasteiger partial charge in [-0.3, -0.25) is 4.79 Å². The number of fused-ring (bicyclic) bond motifs is 2. The third-order valence-corrected chi connectivity index (χ3v) is 6.00. The average molecular weight is 399 g/mol. The fraction of sp³-hybridized carbons (Fsp3) is 0.565. The van der Waals surface area contributed by atoms with Crippen molar-refractivity contribution in [2.75, 3.05) is 13.2 Å². The third-order valence-electron chi connectivity index (χ3n) is 6.00. The maximum absolute atomic E-state index is 12.6. The van der Waals surface area contributed by atoms with Crippen molar-refractivity contribution in [1.29, 1.82) is 0 Å². The van der Waals surface area contributed by atoms with Crippen LogP contribution in [0.1, 0.15) is 56.2 Å². The quantitative estimate of drug-likeness (QED) is 0.780. The van der Waals surface area contributed by atoms with Crippen LogP contribution in [0.3, 0.4) is 0 Å². The van der Waals surface area contributed by atoms with E-state index in [0.29, 0.717) is 24.1 Å². The van der Waals surface area contributed by atoms with Gasteiger partial charge in [0, 0.05) is 36.6 Å². The number of carbonyl (C=O) groups excluding carboxylic acids is 1. The molecular weight excluding hydrogens is 370 g/mol. The molecule has 4 rings (SSSR count). The first kappa shape index (κ1) is 20.0. The van der Waals surface area contributed by atoms with Crippen molar-refractivity contribution in [3.05, 3.63) is 39.2 Å². The van der Waals surface area contributed by atoms with Crippen molar-refractivity contribution in [2.24, 2.45) is 0 Å². The van der Waals surface area contributed by atoms with Crippen LogP contribution < -0.4 is 15.7 Å². The number of hydrogen-bond acceptors (Lipinski definition) is 5. The first-order chi connectivity index (χ1) is 13.8. The molecule has 2 aromatic rings. The minimum absolute atomic E-state index is 0.0690. The maximum atomic E-state index is 12.6. The summed E-state index contributed by atoms with van der Waals surface area (Å²) in [5.41, 5.74) is 2.53. The third kappa shape index (κ3) is 4.32. The minimum atomic E-state index is -0.378. The van der Waals surface area contributed by atoms with E-state index in [4.69, 9.17) is 13.9 Å². The summed E-state index contributed by atoms with van der Waals surface area (Å²) in [6.07, 6.45) is 4.64. The topological polar surface area (TPSA) is 77.8 Å². The lowest BCUT2D eigenvalue weighted by Gasteiger charge is -2.32. The predicted molar refractivity (Wildman–Crippen MR) is 111 cm³/mol. The van der Waals surface area contributed by atoms with Crippen LogP contribution in [0.15, 0.2) is 21.3 Å². The highest BCUT2D eigenvalue weighted by atomic mass is 16.5. The summed E-state index contributed by atoms with van der Waals surface area (Å²) >= 11 is 0. The lowest BCUT2D eigenvalue weighted by Crippen LogP contribution is -2.32. The van der Waals surface area contributed by atoms with E-state index >= 15 is 0 Å². The number of rotatable bonds is 5. The molecule has 0 radical (unpaired) electrons. The van der Waals surface area contributed by atoms with Gasteiger partial charge in [0.1, 0.15) is 16.9 Å². The van der Waals surface area contributed by atoms with Crippen molar-refractivity contribution >= 4 is 16.9 Å². The first-order valence-electron chi connectivity index (χ1n) is 10.5. The Morgan fingerprint density at radius 2 is 2.14 bits per heavy atom. The average Bonchev–Trinajstić information content (AvgIpc) is 3.18. The van der Waals surface area contributed by atoms with Crippen LogP contribution in [0.25, 0.3) is 11.0 Å². The molecule has 2 aliphatic rings. The zero-order chi connectivity index (χ0) is 20.6. The molecular formula is C23H29NO5. The highest BCUT2D eigenvalue weighted by molar-refractivity contribution is 5.84. The van der Waals surface area contributed by atoms with Gasteiger partial charge in [0.25, 0.3) is 0 Å². The van der Waals surface area contributed by atoms with Gasteiger partial charge in [-0.05, 0) is 70.1 Å². The molecule has 1 fully saturated rings. The van der Waals surface area contributed by atoms with Crippen LogP contribution in [0.5, 0.6) is 5.75 Å². The van der Waals surface area contributed by atoms with Gasteiger partial charge in [0.15, 0.2) is 0 Å². The first-order valence-corrected chi connectivity index (χ1v) is 10.5. The van der Waals surface area contributed by atoms with Crippen molar-refractivity contribution in [3.63, 3.8) is 0 Å². The lowest BCUT2D eigenvalue weighted by atomic mass is 9.92. The Labute approximate surface area is 170 Å². The number of hydrogen-bond donors (Lipinski definition) is 1. The molecule has 6 heteroatoms. The lowest BCUT2D eigenvalue weighted by molar-refractivity contribution is -0.121. The second kappa shape index (κ2) is 7.82. The van der Waals surface area contributed by atoms with Gasteiger partial charge in [-0.15, -0.1) is 0 Å². The zero-order valence-corrected chi connectivity index (χ0v) is 17.4. The molecule has 0 aliphatic carbocycles. The molecule has 1 unspecified atom stereocenters. The Morgan fingerprint density at radius 1 is 1.31 bits per heavy atom. The van der Waals surface area contributed by atoms with Gasteiger partial charge >= 0.3 is 5.63 Å². The van der Waals surface area contributed by atoms with E-state index < -0.39 is 0 Å². The number of aryl methyl sites for hydroxylation is 2. The monoisotopic (exact) mass is 399 g/mol. The fourth-order valence-electron chi connectivity index (χ4n) is 4.18. The van der Waals surface area contributed by atoms with Crippen molar-refractivity contribution in [2.45, 2.75) is 71.0 Å². The second-order valence-corrected chi connectivity index (χ2v) is 8.75. The second-order valence-electron chi connectivity index (χ2n) is 8.75. The maximum Gasteiger partial charge on any atom is 0.339 e. The number of carbonyl (C=O) groups is 1. The Balaban J connectivity index is 1.51. The van der Waals surface area contributed by atoms with E-state index in [1.54, 1.807) is 0 Å². The van der Waals surface area contributed by atoms with Crippen LogP contribution in [0.4, 0.5) is 0 Å². The molecule has 1 aromatic heterocycles. The molecule has 6 nitrogen and oxygen atoms in total. The van der Waals surface area contributed by atoms with Gasteiger partial charge in [-0.2, -0.15) is 0 Å². The molecule has 2 aliphatic heterocycles. The molecule has 29 heavy (non-hydrogen) atoms. The van der Waals surface area contributed by atoms with Crippen molar-refractivity contribution in [3.8, 4) is 5.75 Å². The number of benzene rings is 1. The summed E-state index contributed by atoms with van der Waals surface area (Å²) in [5, 5.41) is 3.82. The van der Waals surface area contributed by atoms with Crippen LogP contribution in [0, 0.1) is 6.92 Å². The van der Waals surface area contributed by atoms with E-state index in [-0.39, 0.29) is 29.7 Å². The summed E-state index contributed by atoms with van der Waals surface area (Å²) in [6, 6.07) is 3.90. The fourth-order valence-corrected chi connectivity index (χ4v) is 4.18. The molecule has 1 aromatic carbocycles. The van der Waals surface area contributed by atoms with E-state index in [0.717, 1.165) is 54.6 Å². The van der Waals surface area contributed by atoms with Gasteiger partial charge < -0.3 is 19.2 Å². The summed E-state index contributed by atoms with van der Waals surface area (Å²) in [5.74, 6) is 0.720. The SMILES string of the molecule is Cc1c(CCC(=O)NCC2CCCO2)c(=O)oc2cc3c(cc12)CCC(C)(C)O3. The highest BCUT2D eigenvalue weighted by Crippen LogP contribution is 2.36. The summed E-state index contributed by atoms with van der Waals surface area (Å²) in [4.78, 5) is 24.8. The molecule has 1 N–H and O–H groups in total. The molecule has 1 amide bonds. The number of amides is 1. The van der Waals surface area contributed by atoms with Gasteiger partial charge in [-0.25, -0.2) is 4.79 Å². The Kier molecular flexibility index (Phi) is 5.38. The van der Waals surface area contributed by atoms with E-state index in [1.807, 2.05) is 13.0 Å².